The number of aromatic nitrogens is 2. The highest BCUT2D eigenvalue weighted by atomic mass is 16.5. The predicted octanol–water partition coefficient (Wildman–Crippen LogP) is 4.32. The van der Waals surface area contributed by atoms with E-state index < -0.39 is 0 Å². The molecule has 7 heteroatoms. The number of nitrogens with one attached hydrogen (secondary N) is 1. The van der Waals surface area contributed by atoms with Gasteiger partial charge in [0.25, 0.3) is 5.91 Å². The van der Waals surface area contributed by atoms with Crippen molar-refractivity contribution in [3.05, 3.63) is 65.5 Å². The molecule has 2 unspecified atom stereocenters. The number of benzene rings is 2. The SMILES string of the molecule is COc1cc(-c2cnn(C)c2)cc([C@@H](C)NC(=O)c2cc(N3CC4C3CN4C3CCC3)ccc2C)c1. The number of hydrogen-bond acceptors (Lipinski definition) is 5. The number of anilines is 1. The van der Waals surface area contributed by atoms with Gasteiger partial charge in [0.15, 0.2) is 0 Å². The Balaban J connectivity index is 1.17. The Morgan fingerprint density at radius 3 is 2.58 bits per heavy atom. The Morgan fingerprint density at radius 2 is 1.94 bits per heavy atom. The van der Waals surface area contributed by atoms with Gasteiger partial charge in [0.2, 0.25) is 0 Å². The van der Waals surface area contributed by atoms with Gasteiger partial charge in [-0.3, -0.25) is 14.4 Å². The zero-order chi connectivity index (χ0) is 25.0. The van der Waals surface area contributed by atoms with E-state index in [1.807, 2.05) is 45.4 Å². The number of likely N-dealkylation sites (tertiary alicyclic amines) is 1. The van der Waals surface area contributed by atoms with Crippen molar-refractivity contribution in [2.24, 2.45) is 7.05 Å². The summed E-state index contributed by atoms with van der Waals surface area (Å²) in [6.45, 7) is 6.26. The minimum atomic E-state index is -0.179. The van der Waals surface area contributed by atoms with Gasteiger partial charge >= 0.3 is 0 Å². The van der Waals surface area contributed by atoms with Gasteiger partial charge in [-0.25, -0.2) is 0 Å². The number of piperazine rings is 1. The van der Waals surface area contributed by atoms with Gasteiger partial charge in [-0.2, -0.15) is 5.10 Å². The number of carbonyl (C=O) groups is 1. The second-order valence-corrected chi connectivity index (χ2v) is 10.7. The average molecular weight is 486 g/mol. The molecule has 0 bridgehead atoms. The largest absolute Gasteiger partial charge is 0.497 e. The van der Waals surface area contributed by atoms with Gasteiger partial charge in [-0.1, -0.05) is 12.5 Å². The van der Waals surface area contributed by atoms with Crippen molar-refractivity contribution in [2.75, 3.05) is 25.1 Å². The molecule has 1 saturated carbocycles. The van der Waals surface area contributed by atoms with Gasteiger partial charge in [0, 0.05) is 55.2 Å². The van der Waals surface area contributed by atoms with Crippen molar-refractivity contribution in [3.8, 4) is 16.9 Å². The third-order valence-electron chi connectivity index (χ3n) is 8.44. The molecular weight excluding hydrogens is 450 g/mol. The van der Waals surface area contributed by atoms with Crippen LogP contribution < -0.4 is 15.0 Å². The molecule has 1 N–H and O–H groups in total. The molecule has 3 atom stereocenters. The maximum atomic E-state index is 13.4. The Hall–Kier alpha value is -3.32. The minimum Gasteiger partial charge on any atom is -0.497 e. The number of amides is 1. The standard InChI is InChI=1S/C29H35N5O2/c1-18-8-9-24(34-17-27-28(34)16-33(27)23-6-5-7-23)13-26(18)29(35)31-19(2)20-10-21(12-25(11-20)36-4)22-14-30-32(3)15-22/h8-15,19,23,27-28H,5-7,16-17H2,1-4H3,(H,31,35)/t19-,27?,28?/m1/s1. The van der Waals surface area contributed by atoms with Gasteiger partial charge in [0.1, 0.15) is 5.75 Å². The normalized spacial score (nSPS) is 22.2. The first-order valence-corrected chi connectivity index (χ1v) is 13.0. The molecule has 2 aliphatic heterocycles. The number of nitrogens with zero attached hydrogens (tertiary/aromatic N) is 4. The molecule has 188 valence electrons. The Kier molecular flexibility index (Phi) is 5.75. The summed E-state index contributed by atoms with van der Waals surface area (Å²) in [7, 11) is 3.57. The number of aryl methyl sites for hydroxylation is 2. The summed E-state index contributed by atoms with van der Waals surface area (Å²) in [5, 5.41) is 7.51. The highest BCUT2D eigenvalue weighted by Crippen LogP contribution is 2.42. The van der Waals surface area contributed by atoms with Crippen LogP contribution in [-0.2, 0) is 7.05 Å². The van der Waals surface area contributed by atoms with E-state index in [0.29, 0.717) is 12.1 Å². The van der Waals surface area contributed by atoms with Crippen molar-refractivity contribution < 1.29 is 9.53 Å². The van der Waals surface area contributed by atoms with Gasteiger partial charge in [-0.15, -0.1) is 0 Å². The number of ether oxygens (including phenoxy) is 1. The van der Waals surface area contributed by atoms with Crippen LogP contribution in [-0.4, -0.2) is 58.9 Å². The molecule has 3 aliphatic rings. The molecule has 1 aromatic heterocycles. The fourth-order valence-corrected chi connectivity index (χ4v) is 5.84. The molecule has 2 aromatic carbocycles. The zero-order valence-corrected chi connectivity index (χ0v) is 21.6. The number of carbonyl (C=O) groups excluding carboxylic acids is 1. The first-order valence-electron chi connectivity index (χ1n) is 13.0. The van der Waals surface area contributed by atoms with E-state index in [4.69, 9.17) is 4.74 Å². The molecule has 6 rings (SSSR count). The molecule has 1 aliphatic carbocycles. The van der Waals surface area contributed by atoms with Crippen molar-refractivity contribution in [3.63, 3.8) is 0 Å². The summed E-state index contributed by atoms with van der Waals surface area (Å²) < 4.78 is 7.33. The van der Waals surface area contributed by atoms with Crippen LogP contribution in [0.1, 0.15) is 53.7 Å². The first-order chi connectivity index (χ1) is 17.4. The van der Waals surface area contributed by atoms with Crippen LogP contribution in [0.15, 0.2) is 48.8 Å². The molecule has 3 aromatic rings. The number of hydrogen-bond donors (Lipinski definition) is 1. The van der Waals surface area contributed by atoms with E-state index in [0.717, 1.165) is 58.4 Å². The van der Waals surface area contributed by atoms with Crippen molar-refractivity contribution in [1.82, 2.24) is 20.0 Å². The van der Waals surface area contributed by atoms with Crippen LogP contribution in [0.5, 0.6) is 5.75 Å². The maximum absolute atomic E-state index is 13.4. The van der Waals surface area contributed by atoms with E-state index in [-0.39, 0.29) is 11.9 Å². The highest BCUT2D eigenvalue weighted by Gasteiger charge is 2.54. The van der Waals surface area contributed by atoms with Gasteiger partial charge < -0.3 is 15.0 Å². The lowest BCUT2D eigenvalue weighted by atomic mass is 9.78. The second-order valence-electron chi connectivity index (χ2n) is 10.7. The van der Waals surface area contributed by atoms with Crippen LogP contribution >= 0.6 is 0 Å². The number of methoxy groups -OCH3 is 1. The molecular formula is C29H35N5O2. The molecule has 3 heterocycles. The molecule has 2 saturated heterocycles. The number of rotatable bonds is 7. The number of fused-ring (bicyclic) bond motifs is 1. The van der Waals surface area contributed by atoms with E-state index in [1.165, 1.54) is 19.3 Å². The maximum Gasteiger partial charge on any atom is 0.252 e. The fourth-order valence-electron chi connectivity index (χ4n) is 5.84. The van der Waals surface area contributed by atoms with Crippen molar-refractivity contribution in [1.29, 1.82) is 0 Å². The van der Waals surface area contributed by atoms with E-state index in [2.05, 4.69) is 44.5 Å². The minimum absolute atomic E-state index is 0.0469. The van der Waals surface area contributed by atoms with Crippen LogP contribution in [0, 0.1) is 6.92 Å². The molecule has 0 spiro atoms. The molecule has 0 radical (unpaired) electrons. The lowest BCUT2D eigenvalue weighted by Gasteiger charge is -2.66. The summed E-state index contributed by atoms with van der Waals surface area (Å²) in [5.41, 5.74) is 5.92. The quantitative estimate of drug-likeness (QED) is 0.540. The molecule has 1 amide bonds. The van der Waals surface area contributed by atoms with Crippen LogP contribution in [0.3, 0.4) is 0 Å². The lowest BCUT2D eigenvalue weighted by molar-refractivity contribution is -0.0497. The predicted molar refractivity (Wildman–Crippen MR) is 142 cm³/mol. The smallest absolute Gasteiger partial charge is 0.252 e. The van der Waals surface area contributed by atoms with Crippen LogP contribution in [0.4, 0.5) is 5.69 Å². The fraction of sp³-hybridized carbons (Fsp3) is 0.448. The first kappa shape index (κ1) is 23.1. The summed E-state index contributed by atoms with van der Waals surface area (Å²) in [6.07, 6.45) is 7.94. The van der Waals surface area contributed by atoms with Gasteiger partial charge in [-0.05, 0) is 73.7 Å². The van der Waals surface area contributed by atoms with Crippen molar-refractivity contribution in [2.45, 2.75) is 57.3 Å². The van der Waals surface area contributed by atoms with E-state index in [1.54, 1.807) is 11.8 Å². The van der Waals surface area contributed by atoms with Crippen molar-refractivity contribution >= 4 is 11.6 Å². The lowest BCUT2D eigenvalue weighted by Crippen LogP contribution is -2.81. The summed E-state index contributed by atoms with van der Waals surface area (Å²) in [5.74, 6) is 0.712. The summed E-state index contributed by atoms with van der Waals surface area (Å²) in [6, 6.07) is 14.4. The second kappa shape index (κ2) is 8.96. The third kappa shape index (κ3) is 3.95. The summed E-state index contributed by atoms with van der Waals surface area (Å²) >= 11 is 0. The Morgan fingerprint density at radius 1 is 1.11 bits per heavy atom. The highest BCUT2D eigenvalue weighted by molar-refractivity contribution is 5.97. The monoisotopic (exact) mass is 485 g/mol. The average Bonchev–Trinajstić information content (AvgIpc) is 3.27. The third-order valence-corrected chi connectivity index (χ3v) is 8.44. The van der Waals surface area contributed by atoms with Crippen LogP contribution in [0.25, 0.3) is 11.1 Å². The molecule has 3 fully saturated rings. The summed E-state index contributed by atoms with van der Waals surface area (Å²) in [4.78, 5) is 18.6. The van der Waals surface area contributed by atoms with Crippen LogP contribution in [0.2, 0.25) is 0 Å². The molecule has 36 heavy (non-hydrogen) atoms. The van der Waals surface area contributed by atoms with E-state index >= 15 is 0 Å². The zero-order valence-electron chi connectivity index (χ0n) is 21.6. The van der Waals surface area contributed by atoms with Gasteiger partial charge in [0.05, 0.1) is 25.4 Å². The Bertz CT molecular complexity index is 1300. The van der Waals surface area contributed by atoms with E-state index in [9.17, 15) is 4.79 Å². The topological polar surface area (TPSA) is 62.6 Å². The molecule has 7 nitrogen and oxygen atoms in total. The Labute approximate surface area is 213 Å².